The van der Waals surface area contributed by atoms with E-state index >= 15 is 0 Å². The molecule has 1 rings (SSSR count). The Hall–Kier alpha value is -1.25. The van der Waals surface area contributed by atoms with Gasteiger partial charge < -0.3 is 0 Å². The van der Waals surface area contributed by atoms with Gasteiger partial charge in [0.25, 0.3) is 5.69 Å². The summed E-state index contributed by atoms with van der Waals surface area (Å²) in [5, 5.41) is 11.1. The second-order valence-corrected chi connectivity index (χ2v) is 7.24. The van der Waals surface area contributed by atoms with Crippen LogP contribution in [0, 0.1) is 30.9 Å². The van der Waals surface area contributed by atoms with Gasteiger partial charge in [0.05, 0.1) is 9.82 Å². The Bertz CT molecular complexity index is 683. The third-order valence-electron chi connectivity index (χ3n) is 2.77. The van der Waals surface area contributed by atoms with Crippen LogP contribution in [0.25, 0.3) is 0 Å². The standard InChI is InChI=1S/C12H15BrN2O4S/c1-7-5-8(2)12(10(4)11(7)15(16)17)20(18,19)14-6-9(3)13/h5,14H,3,6H2,1-2,4H3. The molecule has 8 heteroatoms. The highest BCUT2D eigenvalue weighted by atomic mass is 79.9. The van der Waals surface area contributed by atoms with Gasteiger partial charge >= 0.3 is 0 Å². The van der Waals surface area contributed by atoms with Crippen LogP contribution >= 0.6 is 15.9 Å². The molecule has 1 aromatic carbocycles. The molecule has 20 heavy (non-hydrogen) atoms. The molecule has 1 aromatic rings. The normalized spacial score (nSPS) is 11.4. The summed E-state index contributed by atoms with van der Waals surface area (Å²) in [6.07, 6.45) is 0. The van der Waals surface area contributed by atoms with Crippen LogP contribution < -0.4 is 4.72 Å². The number of nitrogens with one attached hydrogen (secondary N) is 1. The first-order valence-electron chi connectivity index (χ1n) is 5.66. The van der Waals surface area contributed by atoms with Crippen LogP contribution in [0.4, 0.5) is 5.69 Å². The molecule has 0 aliphatic rings. The summed E-state index contributed by atoms with van der Waals surface area (Å²) in [6.45, 7) is 8.19. The predicted octanol–water partition coefficient (Wildman–Crippen LogP) is 2.71. The molecule has 0 radical (unpaired) electrons. The Kier molecular flexibility index (Phi) is 5.06. The molecule has 0 spiro atoms. The summed E-state index contributed by atoms with van der Waals surface area (Å²) in [5.41, 5.74) is 0.876. The zero-order valence-electron chi connectivity index (χ0n) is 11.4. The third-order valence-corrected chi connectivity index (χ3v) is 4.74. The molecule has 0 aromatic heterocycles. The van der Waals surface area contributed by atoms with Gasteiger partial charge in [-0.25, -0.2) is 13.1 Å². The largest absolute Gasteiger partial charge is 0.276 e. The van der Waals surface area contributed by atoms with Crippen molar-refractivity contribution in [3.63, 3.8) is 0 Å². The SMILES string of the molecule is C=C(Br)CNS(=O)(=O)c1c(C)cc(C)c([N+](=O)[O-])c1C. The van der Waals surface area contributed by atoms with Crippen molar-refractivity contribution < 1.29 is 13.3 Å². The molecule has 0 amide bonds. The van der Waals surface area contributed by atoms with Gasteiger partial charge in [-0.3, -0.25) is 10.1 Å². The van der Waals surface area contributed by atoms with Gasteiger partial charge in [0, 0.05) is 22.2 Å². The summed E-state index contributed by atoms with van der Waals surface area (Å²) in [4.78, 5) is 10.5. The molecule has 0 bridgehead atoms. The lowest BCUT2D eigenvalue weighted by atomic mass is 10.1. The zero-order chi connectivity index (χ0) is 15.7. The first kappa shape index (κ1) is 16.8. The first-order chi connectivity index (χ1) is 9.08. The van der Waals surface area contributed by atoms with Crippen LogP contribution in [0.2, 0.25) is 0 Å². The van der Waals surface area contributed by atoms with Crippen LogP contribution in [-0.4, -0.2) is 19.9 Å². The van der Waals surface area contributed by atoms with E-state index in [1.807, 2.05) is 0 Å². The molecule has 0 saturated heterocycles. The number of sulfonamides is 1. The van der Waals surface area contributed by atoms with Gasteiger partial charge in [-0.05, 0) is 32.4 Å². The molecule has 0 fully saturated rings. The van der Waals surface area contributed by atoms with E-state index in [0.717, 1.165) is 0 Å². The van der Waals surface area contributed by atoms with E-state index in [4.69, 9.17) is 0 Å². The molecule has 0 saturated carbocycles. The average molecular weight is 363 g/mol. The highest BCUT2D eigenvalue weighted by molar-refractivity contribution is 9.11. The van der Waals surface area contributed by atoms with E-state index in [-0.39, 0.29) is 22.7 Å². The Labute approximate surface area is 126 Å². The summed E-state index contributed by atoms with van der Waals surface area (Å²) < 4.78 is 27.4. The highest BCUT2D eigenvalue weighted by Gasteiger charge is 2.27. The fourth-order valence-corrected chi connectivity index (χ4v) is 3.91. The van der Waals surface area contributed by atoms with Crippen molar-refractivity contribution in [2.45, 2.75) is 25.7 Å². The lowest BCUT2D eigenvalue weighted by Gasteiger charge is -2.13. The fourth-order valence-electron chi connectivity index (χ4n) is 2.10. The van der Waals surface area contributed by atoms with Gasteiger partial charge in [0.15, 0.2) is 0 Å². The number of hydrogen-bond acceptors (Lipinski definition) is 4. The molecule has 0 aliphatic heterocycles. The molecule has 0 heterocycles. The van der Waals surface area contributed by atoms with Crippen LogP contribution in [0.1, 0.15) is 16.7 Å². The maximum atomic E-state index is 12.3. The number of nitro groups is 1. The van der Waals surface area contributed by atoms with Crippen molar-refractivity contribution in [1.82, 2.24) is 4.72 Å². The number of nitrogens with zero attached hydrogens (tertiary/aromatic N) is 1. The second kappa shape index (κ2) is 6.02. The summed E-state index contributed by atoms with van der Waals surface area (Å²) in [6, 6.07) is 1.50. The van der Waals surface area contributed by atoms with Crippen molar-refractivity contribution in [1.29, 1.82) is 0 Å². The Balaban J connectivity index is 3.49. The third kappa shape index (κ3) is 3.44. The summed E-state index contributed by atoms with van der Waals surface area (Å²) in [5.74, 6) is 0. The molecular formula is C12H15BrN2O4S. The van der Waals surface area contributed by atoms with Gasteiger partial charge in [0.1, 0.15) is 0 Å². The molecule has 0 atom stereocenters. The number of halogens is 1. The van der Waals surface area contributed by atoms with Gasteiger partial charge in [0.2, 0.25) is 10.0 Å². The maximum absolute atomic E-state index is 12.3. The first-order valence-corrected chi connectivity index (χ1v) is 7.93. The van der Waals surface area contributed by atoms with E-state index in [2.05, 4.69) is 27.2 Å². The number of nitro benzene ring substituents is 1. The van der Waals surface area contributed by atoms with E-state index in [9.17, 15) is 18.5 Å². The van der Waals surface area contributed by atoms with E-state index in [0.29, 0.717) is 15.6 Å². The van der Waals surface area contributed by atoms with Crippen molar-refractivity contribution in [2.24, 2.45) is 0 Å². The number of benzene rings is 1. The molecule has 1 N–H and O–H groups in total. The van der Waals surface area contributed by atoms with Crippen LogP contribution in [-0.2, 0) is 10.0 Å². The predicted molar refractivity (Wildman–Crippen MR) is 80.6 cm³/mol. The highest BCUT2D eigenvalue weighted by Crippen LogP contribution is 2.31. The van der Waals surface area contributed by atoms with Crippen LogP contribution in [0.5, 0.6) is 0 Å². The van der Waals surface area contributed by atoms with Gasteiger partial charge in [-0.15, -0.1) is 0 Å². The molecule has 0 unspecified atom stereocenters. The number of aryl methyl sites for hydroxylation is 2. The molecular weight excluding hydrogens is 348 g/mol. The smallest absolute Gasteiger partial charge is 0.258 e. The van der Waals surface area contributed by atoms with Crippen LogP contribution in [0.15, 0.2) is 22.0 Å². The van der Waals surface area contributed by atoms with E-state index in [1.165, 1.54) is 13.0 Å². The summed E-state index contributed by atoms with van der Waals surface area (Å²) in [7, 11) is -3.83. The molecule has 6 nitrogen and oxygen atoms in total. The van der Waals surface area contributed by atoms with E-state index in [1.54, 1.807) is 13.8 Å². The average Bonchev–Trinajstić information content (AvgIpc) is 2.24. The maximum Gasteiger partial charge on any atom is 0.276 e. The minimum Gasteiger partial charge on any atom is -0.258 e. The minimum absolute atomic E-state index is 0.0168. The molecule has 0 aliphatic carbocycles. The topological polar surface area (TPSA) is 89.3 Å². The Morgan fingerprint density at radius 3 is 2.40 bits per heavy atom. The zero-order valence-corrected chi connectivity index (χ0v) is 13.8. The monoisotopic (exact) mass is 362 g/mol. The number of hydrogen-bond donors (Lipinski definition) is 1. The van der Waals surface area contributed by atoms with Crippen molar-refractivity contribution in [3.8, 4) is 0 Å². The lowest BCUT2D eigenvalue weighted by molar-refractivity contribution is -0.386. The van der Waals surface area contributed by atoms with E-state index < -0.39 is 14.9 Å². The van der Waals surface area contributed by atoms with Crippen molar-refractivity contribution in [2.75, 3.05) is 6.54 Å². The Morgan fingerprint density at radius 1 is 1.40 bits per heavy atom. The van der Waals surface area contributed by atoms with Crippen molar-refractivity contribution in [3.05, 3.63) is 43.9 Å². The quantitative estimate of drug-likeness (QED) is 0.643. The van der Waals surface area contributed by atoms with Gasteiger partial charge in [-0.1, -0.05) is 22.5 Å². The van der Waals surface area contributed by atoms with Crippen molar-refractivity contribution >= 4 is 31.6 Å². The van der Waals surface area contributed by atoms with Gasteiger partial charge in [-0.2, -0.15) is 0 Å². The molecule has 110 valence electrons. The minimum atomic E-state index is -3.83. The summed E-state index contributed by atoms with van der Waals surface area (Å²) >= 11 is 3.06. The Morgan fingerprint density at radius 2 is 1.95 bits per heavy atom. The number of rotatable bonds is 5. The fraction of sp³-hybridized carbons (Fsp3) is 0.333. The second-order valence-electron chi connectivity index (χ2n) is 4.41. The van der Waals surface area contributed by atoms with Crippen LogP contribution in [0.3, 0.4) is 0 Å². The lowest BCUT2D eigenvalue weighted by Crippen LogP contribution is -2.26.